The van der Waals surface area contributed by atoms with Crippen molar-refractivity contribution in [2.75, 3.05) is 6.61 Å². The maximum absolute atomic E-state index is 8.62. The van der Waals surface area contributed by atoms with Crippen LogP contribution in [0, 0.1) is 0 Å². The van der Waals surface area contributed by atoms with E-state index in [0.717, 1.165) is 0 Å². The number of H-pyrrole nitrogens is 1. The van der Waals surface area contributed by atoms with Crippen molar-refractivity contribution >= 4 is 28.7 Å². The van der Waals surface area contributed by atoms with Crippen LogP contribution in [-0.4, -0.2) is 31.9 Å². The van der Waals surface area contributed by atoms with Gasteiger partial charge in [0.25, 0.3) is 0 Å². The topological polar surface area (TPSA) is 74.7 Å². The Morgan fingerprint density at radius 1 is 1.50 bits per heavy atom. The number of nitrogens with one attached hydrogen (secondary N) is 1. The SMILES string of the molecule is OCC=Cc1[nH]nc2ncnc(Cl)c12. The molecule has 2 aromatic heterocycles. The van der Waals surface area contributed by atoms with Crippen molar-refractivity contribution in [3.63, 3.8) is 0 Å². The van der Waals surface area contributed by atoms with E-state index in [4.69, 9.17) is 16.7 Å². The van der Waals surface area contributed by atoms with Gasteiger partial charge in [-0.2, -0.15) is 5.10 Å². The van der Waals surface area contributed by atoms with Crippen LogP contribution in [0.5, 0.6) is 0 Å². The van der Waals surface area contributed by atoms with Gasteiger partial charge >= 0.3 is 0 Å². The van der Waals surface area contributed by atoms with Crippen LogP contribution in [0.15, 0.2) is 12.4 Å². The summed E-state index contributed by atoms with van der Waals surface area (Å²) < 4.78 is 0. The van der Waals surface area contributed by atoms with Crippen molar-refractivity contribution in [3.05, 3.63) is 23.3 Å². The van der Waals surface area contributed by atoms with Crippen molar-refractivity contribution < 1.29 is 5.11 Å². The third kappa shape index (κ3) is 1.47. The van der Waals surface area contributed by atoms with Crippen molar-refractivity contribution in [2.45, 2.75) is 0 Å². The predicted molar refractivity (Wildman–Crippen MR) is 52.8 cm³/mol. The molecule has 2 aromatic rings. The Labute approximate surface area is 84.5 Å². The molecule has 2 N–H and O–H groups in total. The maximum atomic E-state index is 8.62. The van der Waals surface area contributed by atoms with Crippen molar-refractivity contribution in [2.24, 2.45) is 0 Å². The zero-order valence-corrected chi connectivity index (χ0v) is 7.86. The molecule has 0 aliphatic rings. The van der Waals surface area contributed by atoms with Gasteiger partial charge in [0.05, 0.1) is 17.7 Å². The van der Waals surface area contributed by atoms with Crippen LogP contribution in [0.3, 0.4) is 0 Å². The summed E-state index contributed by atoms with van der Waals surface area (Å²) in [5.41, 5.74) is 1.21. The van der Waals surface area contributed by atoms with Crippen LogP contribution < -0.4 is 0 Å². The molecule has 2 heterocycles. The summed E-state index contributed by atoms with van der Waals surface area (Å²) in [5, 5.41) is 16.3. The van der Waals surface area contributed by atoms with Crippen molar-refractivity contribution in [3.8, 4) is 0 Å². The highest BCUT2D eigenvalue weighted by atomic mass is 35.5. The zero-order chi connectivity index (χ0) is 9.97. The number of aromatic nitrogens is 4. The molecule has 0 unspecified atom stereocenters. The molecule has 0 saturated heterocycles. The van der Waals surface area contributed by atoms with Crippen LogP contribution in [0.1, 0.15) is 5.69 Å². The number of rotatable bonds is 2. The number of aliphatic hydroxyl groups is 1. The quantitative estimate of drug-likeness (QED) is 0.726. The Balaban J connectivity index is 2.61. The van der Waals surface area contributed by atoms with E-state index < -0.39 is 0 Å². The largest absolute Gasteiger partial charge is 0.392 e. The van der Waals surface area contributed by atoms with Gasteiger partial charge in [-0.15, -0.1) is 0 Å². The first-order valence-electron chi connectivity index (χ1n) is 3.95. The molecule has 0 fully saturated rings. The number of hydrogen-bond donors (Lipinski definition) is 2. The fourth-order valence-corrected chi connectivity index (χ4v) is 1.36. The van der Waals surface area contributed by atoms with E-state index in [9.17, 15) is 0 Å². The Hall–Kier alpha value is -1.46. The average Bonchev–Trinajstić information content (AvgIpc) is 2.59. The molecule has 2 rings (SSSR count). The number of nitrogens with zero attached hydrogens (tertiary/aromatic N) is 3. The van der Waals surface area contributed by atoms with E-state index in [-0.39, 0.29) is 6.61 Å². The van der Waals surface area contributed by atoms with E-state index in [1.807, 2.05) is 0 Å². The van der Waals surface area contributed by atoms with Crippen LogP contribution in [0.2, 0.25) is 5.15 Å². The standard InChI is InChI=1S/C8H7ClN4O/c9-7-6-5(2-1-3-14)12-13-8(6)11-4-10-7/h1-2,4,14H,3H2,(H,10,11,12,13). The number of fused-ring (bicyclic) bond motifs is 1. The summed E-state index contributed by atoms with van der Waals surface area (Å²) in [6.07, 6.45) is 4.62. The van der Waals surface area contributed by atoms with Gasteiger partial charge in [-0.3, -0.25) is 5.10 Å². The molecule has 0 aromatic carbocycles. The van der Waals surface area contributed by atoms with Crippen LogP contribution in [0.4, 0.5) is 0 Å². The van der Waals surface area contributed by atoms with E-state index in [1.54, 1.807) is 12.2 Å². The lowest BCUT2D eigenvalue weighted by Crippen LogP contribution is -1.81. The fraction of sp³-hybridized carbons (Fsp3) is 0.125. The van der Waals surface area contributed by atoms with Gasteiger partial charge in [-0.1, -0.05) is 17.7 Å². The molecule has 0 aliphatic carbocycles. The van der Waals surface area contributed by atoms with E-state index in [0.29, 0.717) is 21.9 Å². The molecular weight excluding hydrogens is 204 g/mol. The number of aromatic amines is 1. The van der Waals surface area contributed by atoms with E-state index >= 15 is 0 Å². The Bertz CT molecular complexity index is 479. The first-order chi connectivity index (χ1) is 6.83. The number of aliphatic hydroxyl groups excluding tert-OH is 1. The van der Waals surface area contributed by atoms with E-state index in [2.05, 4.69) is 20.2 Å². The summed E-state index contributed by atoms with van der Waals surface area (Å²) in [7, 11) is 0. The summed E-state index contributed by atoms with van der Waals surface area (Å²) in [4.78, 5) is 7.78. The van der Waals surface area contributed by atoms with Gasteiger partial charge in [0.2, 0.25) is 0 Å². The minimum atomic E-state index is -0.0359. The highest BCUT2D eigenvalue weighted by Crippen LogP contribution is 2.21. The van der Waals surface area contributed by atoms with Crippen LogP contribution in [0.25, 0.3) is 17.1 Å². The van der Waals surface area contributed by atoms with Gasteiger partial charge < -0.3 is 5.11 Å². The molecule has 6 heteroatoms. The normalized spacial score (nSPS) is 11.6. The second kappa shape index (κ2) is 3.73. The smallest absolute Gasteiger partial charge is 0.186 e. The molecule has 0 spiro atoms. The summed E-state index contributed by atoms with van der Waals surface area (Å²) in [5.74, 6) is 0. The maximum Gasteiger partial charge on any atom is 0.186 e. The van der Waals surface area contributed by atoms with Gasteiger partial charge in [-0.05, 0) is 6.08 Å². The van der Waals surface area contributed by atoms with Crippen molar-refractivity contribution in [1.29, 1.82) is 0 Å². The fourth-order valence-electron chi connectivity index (χ4n) is 1.13. The molecule has 0 aliphatic heterocycles. The van der Waals surface area contributed by atoms with Crippen LogP contribution in [-0.2, 0) is 0 Å². The highest BCUT2D eigenvalue weighted by Gasteiger charge is 2.07. The van der Waals surface area contributed by atoms with Gasteiger partial charge in [0.1, 0.15) is 11.5 Å². The first kappa shape index (κ1) is 9.11. The second-order valence-electron chi connectivity index (χ2n) is 2.59. The summed E-state index contributed by atoms with van der Waals surface area (Å²) in [6.45, 7) is -0.0359. The number of hydrogen-bond acceptors (Lipinski definition) is 4. The second-order valence-corrected chi connectivity index (χ2v) is 2.94. The Kier molecular flexibility index (Phi) is 2.43. The van der Waals surface area contributed by atoms with Gasteiger partial charge in [0, 0.05) is 0 Å². The molecule has 14 heavy (non-hydrogen) atoms. The molecule has 0 saturated carbocycles. The summed E-state index contributed by atoms with van der Waals surface area (Å²) >= 11 is 5.87. The van der Waals surface area contributed by atoms with Crippen LogP contribution >= 0.6 is 11.6 Å². The van der Waals surface area contributed by atoms with E-state index in [1.165, 1.54) is 6.33 Å². The molecule has 0 atom stereocenters. The molecule has 0 amide bonds. The lowest BCUT2D eigenvalue weighted by atomic mass is 10.3. The molecule has 72 valence electrons. The summed E-state index contributed by atoms with van der Waals surface area (Å²) in [6, 6.07) is 0. The molecule has 0 radical (unpaired) electrons. The average molecular weight is 211 g/mol. The monoisotopic (exact) mass is 210 g/mol. The molecule has 5 nitrogen and oxygen atoms in total. The minimum absolute atomic E-state index is 0.0359. The number of halogens is 1. The third-order valence-electron chi connectivity index (χ3n) is 1.72. The molecular formula is C8H7ClN4O. The van der Waals surface area contributed by atoms with Crippen molar-refractivity contribution in [1.82, 2.24) is 20.2 Å². The van der Waals surface area contributed by atoms with Gasteiger partial charge in [-0.25, -0.2) is 9.97 Å². The third-order valence-corrected chi connectivity index (χ3v) is 2.01. The Morgan fingerprint density at radius 2 is 2.36 bits per heavy atom. The lowest BCUT2D eigenvalue weighted by molar-refractivity contribution is 0.343. The Morgan fingerprint density at radius 3 is 3.14 bits per heavy atom. The highest BCUT2D eigenvalue weighted by molar-refractivity contribution is 6.34. The first-order valence-corrected chi connectivity index (χ1v) is 4.32. The minimum Gasteiger partial charge on any atom is -0.392 e. The molecule has 0 bridgehead atoms. The lowest BCUT2D eigenvalue weighted by Gasteiger charge is -1.91. The van der Waals surface area contributed by atoms with Gasteiger partial charge in [0.15, 0.2) is 5.65 Å². The predicted octanol–water partition coefficient (Wildman–Crippen LogP) is 1.01. The zero-order valence-electron chi connectivity index (χ0n) is 7.11.